The molecule has 0 aliphatic rings. The lowest BCUT2D eigenvalue weighted by Gasteiger charge is -2.16. The Morgan fingerprint density at radius 3 is 2.06 bits per heavy atom. The van der Waals surface area contributed by atoms with E-state index in [4.69, 9.17) is 0 Å². The zero-order chi connectivity index (χ0) is 11.9. The molecule has 0 amide bonds. The van der Waals surface area contributed by atoms with Crippen LogP contribution in [0, 0.1) is 0 Å². The van der Waals surface area contributed by atoms with Gasteiger partial charge < -0.3 is 5.32 Å². The van der Waals surface area contributed by atoms with Crippen LogP contribution in [-0.2, 0) is 6.42 Å². The number of hydrogen-bond donors (Lipinski definition) is 1. The molecule has 2 aromatic rings. The van der Waals surface area contributed by atoms with Crippen molar-refractivity contribution in [3.63, 3.8) is 0 Å². The maximum absolute atomic E-state index is 3.39. The summed E-state index contributed by atoms with van der Waals surface area (Å²) in [6.45, 7) is 0. The van der Waals surface area contributed by atoms with Crippen LogP contribution in [0.2, 0.25) is 0 Å². The van der Waals surface area contributed by atoms with Gasteiger partial charge >= 0.3 is 0 Å². The van der Waals surface area contributed by atoms with Crippen LogP contribution in [0.15, 0.2) is 60.7 Å². The number of hydrogen-bond acceptors (Lipinski definition) is 1. The molecule has 0 aliphatic carbocycles. The highest BCUT2D eigenvalue weighted by atomic mass is 14.9. The summed E-state index contributed by atoms with van der Waals surface area (Å²) >= 11 is 0. The first kappa shape index (κ1) is 11.9. The van der Waals surface area contributed by atoms with E-state index < -0.39 is 0 Å². The van der Waals surface area contributed by atoms with Crippen LogP contribution in [-0.4, -0.2) is 7.05 Å². The van der Waals surface area contributed by atoms with E-state index in [0.29, 0.717) is 6.04 Å². The molecule has 1 N–H and O–H groups in total. The molecule has 1 atom stereocenters. The van der Waals surface area contributed by atoms with Crippen LogP contribution < -0.4 is 5.32 Å². The first-order valence-electron chi connectivity index (χ1n) is 6.16. The van der Waals surface area contributed by atoms with Crippen molar-refractivity contribution in [2.75, 3.05) is 7.05 Å². The summed E-state index contributed by atoms with van der Waals surface area (Å²) in [5.41, 5.74) is 2.77. The predicted octanol–water partition coefficient (Wildman–Crippen LogP) is 3.58. The van der Waals surface area contributed by atoms with E-state index in [1.54, 1.807) is 0 Å². The van der Waals surface area contributed by atoms with Crippen molar-refractivity contribution in [1.82, 2.24) is 5.32 Å². The molecular weight excluding hydrogens is 206 g/mol. The highest BCUT2D eigenvalue weighted by Gasteiger charge is 2.08. The summed E-state index contributed by atoms with van der Waals surface area (Å²) in [4.78, 5) is 0. The minimum atomic E-state index is 0.441. The van der Waals surface area contributed by atoms with Gasteiger partial charge in [-0.2, -0.15) is 0 Å². The summed E-state index contributed by atoms with van der Waals surface area (Å²) in [7, 11) is 2.03. The average molecular weight is 225 g/mol. The lowest BCUT2D eigenvalue weighted by Crippen LogP contribution is -2.16. The number of rotatable bonds is 5. The molecule has 0 fully saturated rings. The Morgan fingerprint density at radius 1 is 0.882 bits per heavy atom. The van der Waals surface area contributed by atoms with E-state index >= 15 is 0 Å². The lowest BCUT2D eigenvalue weighted by atomic mass is 9.99. The Labute approximate surface area is 103 Å². The molecule has 0 bridgehead atoms. The molecule has 0 heterocycles. The normalized spacial score (nSPS) is 12.3. The maximum Gasteiger partial charge on any atom is 0.0320 e. The van der Waals surface area contributed by atoms with Crippen molar-refractivity contribution in [3.05, 3.63) is 71.8 Å². The zero-order valence-electron chi connectivity index (χ0n) is 10.3. The third-order valence-corrected chi connectivity index (χ3v) is 3.11. The Bertz CT molecular complexity index is 422. The van der Waals surface area contributed by atoms with Gasteiger partial charge in [0.25, 0.3) is 0 Å². The summed E-state index contributed by atoms with van der Waals surface area (Å²) in [5, 5.41) is 3.39. The number of benzene rings is 2. The topological polar surface area (TPSA) is 12.0 Å². The van der Waals surface area contributed by atoms with E-state index in [9.17, 15) is 0 Å². The van der Waals surface area contributed by atoms with E-state index in [0.717, 1.165) is 12.8 Å². The van der Waals surface area contributed by atoms with E-state index in [-0.39, 0.29) is 0 Å². The smallest absolute Gasteiger partial charge is 0.0320 e. The van der Waals surface area contributed by atoms with Gasteiger partial charge in [-0.3, -0.25) is 0 Å². The SMILES string of the molecule is CNC(CCc1ccccc1)c1ccccc1. The molecule has 1 heteroatoms. The van der Waals surface area contributed by atoms with Gasteiger partial charge in [0.05, 0.1) is 0 Å². The molecule has 1 unspecified atom stereocenters. The molecule has 2 rings (SSSR count). The second-order valence-corrected chi connectivity index (χ2v) is 4.28. The Morgan fingerprint density at radius 2 is 1.47 bits per heavy atom. The lowest BCUT2D eigenvalue weighted by molar-refractivity contribution is 0.549. The molecule has 0 aromatic heterocycles. The van der Waals surface area contributed by atoms with Gasteiger partial charge in [0, 0.05) is 6.04 Å². The Balaban J connectivity index is 1.97. The Hall–Kier alpha value is -1.60. The molecular formula is C16H19N. The summed E-state index contributed by atoms with van der Waals surface area (Å²) < 4.78 is 0. The summed E-state index contributed by atoms with van der Waals surface area (Å²) in [6.07, 6.45) is 2.24. The van der Waals surface area contributed by atoms with Gasteiger partial charge in [-0.25, -0.2) is 0 Å². The van der Waals surface area contributed by atoms with E-state index in [2.05, 4.69) is 66.0 Å². The quantitative estimate of drug-likeness (QED) is 0.820. The van der Waals surface area contributed by atoms with E-state index in [1.165, 1.54) is 11.1 Å². The van der Waals surface area contributed by atoms with Crippen LogP contribution in [0.4, 0.5) is 0 Å². The van der Waals surface area contributed by atoms with Crippen molar-refractivity contribution >= 4 is 0 Å². The van der Waals surface area contributed by atoms with Crippen LogP contribution >= 0.6 is 0 Å². The minimum absolute atomic E-state index is 0.441. The largest absolute Gasteiger partial charge is 0.313 e. The average Bonchev–Trinajstić information content (AvgIpc) is 2.42. The number of nitrogens with one attached hydrogen (secondary N) is 1. The molecule has 0 aliphatic heterocycles. The van der Waals surface area contributed by atoms with E-state index in [1.807, 2.05) is 7.05 Å². The fraction of sp³-hybridized carbons (Fsp3) is 0.250. The second kappa shape index (κ2) is 6.21. The molecule has 1 nitrogen and oxygen atoms in total. The van der Waals surface area contributed by atoms with Crippen LogP contribution in [0.25, 0.3) is 0 Å². The standard InChI is InChI=1S/C16H19N/c1-17-16(15-10-6-3-7-11-15)13-12-14-8-4-2-5-9-14/h2-11,16-17H,12-13H2,1H3. The highest BCUT2D eigenvalue weighted by molar-refractivity contribution is 5.20. The summed E-state index contributed by atoms with van der Waals surface area (Å²) in [6, 6.07) is 21.7. The van der Waals surface area contributed by atoms with Crippen molar-refractivity contribution in [2.24, 2.45) is 0 Å². The molecule has 0 spiro atoms. The van der Waals surface area contributed by atoms with Crippen molar-refractivity contribution in [2.45, 2.75) is 18.9 Å². The third kappa shape index (κ3) is 3.43. The monoisotopic (exact) mass is 225 g/mol. The number of aryl methyl sites for hydroxylation is 1. The molecule has 0 saturated heterocycles. The van der Waals surface area contributed by atoms with Gasteiger partial charge in [0.2, 0.25) is 0 Å². The van der Waals surface area contributed by atoms with Crippen molar-refractivity contribution in [1.29, 1.82) is 0 Å². The second-order valence-electron chi connectivity index (χ2n) is 4.28. The molecule has 0 saturated carbocycles. The van der Waals surface area contributed by atoms with Crippen LogP contribution in [0.3, 0.4) is 0 Å². The highest BCUT2D eigenvalue weighted by Crippen LogP contribution is 2.18. The molecule has 2 aromatic carbocycles. The molecule has 17 heavy (non-hydrogen) atoms. The van der Waals surface area contributed by atoms with Gasteiger partial charge in [-0.15, -0.1) is 0 Å². The maximum atomic E-state index is 3.39. The molecule has 88 valence electrons. The van der Waals surface area contributed by atoms with Crippen molar-refractivity contribution < 1.29 is 0 Å². The van der Waals surface area contributed by atoms with Crippen LogP contribution in [0.5, 0.6) is 0 Å². The molecule has 0 radical (unpaired) electrons. The first-order chi connectivity index (χ1) is 8.40. The van der Waals surface area contributed by atoms with Gasteiger partial charge in [-0.05, 0) is 31.0 Å². The van der Waals surface area contributed by atoms with Gasteiger partial charge in [-0.1, -0.05) is 60.7 Å². The van der Waals surface area contributed by atoms with Gasteiger partial charge in [0.15, 0.2) is 0 Å². The fourth-order valence-electron chi connectivity index (χ4n) is 2.12. The van der Waals surface area contributed by atoms with Crippen LogP contribution in [0.1, 0.15) is 23.6 Å². The first-order valence-corrected chi connectivity index (χ1v) is 6.16. The third-order valence-electron chi connectivity index (χ3n) is 3.11. The Kier molecular flexibility index (Phi) is 4.34. The van der Waals surface area contributed by atoms with Crippen molar-refractivity contribution in [3.8, 4) is 0 Å². The van der Waals surface area contributed by atoms with Gasteiger partial charge in [0.1, 0.15) is 0 Å². The zero-order valence-corrected chi connectivity index (χ0v) is 10.3. The summed E-state index contributed by atoms with van der Waals surface area (Å²) in [5.74, 6) is 0. The predicted molar refractivity (Wildman–Crippen MR) is 73.0 cm³/mol. The fourth-order valence-corrected chi connectivity index (χ4v) is 2.12. The minimum Gasteiger partial charge on any atom is -0.313 e.